The Hall–Kier alpha value is -0.130. The number of nitrogens with zero attached hydrogens (tertiary/aromatic N) is 1. The van der Waals surface area contributed by atoms with Crippen molar-refractivity contribution in [2.24, 2.45) is 11.8 Å². The lowest BCUT2D eigenvalue weighted by Crippen LogP contribution is -2.33. The molecule has 0 aromatic heterocycles. The van der Waals surface area contributed by atoms with E-state index in [0.29, 0.717) is 17.6 Å². The Labute approximate surface area is 92.1 Å². The van der Waals surface area contributed by atoms with Crippen molar-refractivity contribution in [3.8, 4) is 0 Å². The zero-order chi connectivity index (χ0) is 10.9. The summed E-state index contributed by atoms with van der Waals surface area (Å²) in [5.41, 5.74) is 0. The lowest BCUT2D eigenvalue weighted by Gasteiger charge is -2.16. The van der Waals surface area contributed by atoms with Crippen LogP contribution in [0.4, 0.5) is 0 Å². The van der Waals surface area contributed by atoms with Gasteiger partial charge in [0.1, 0.15) is 0 Å². The smallest absolute Gasteiger partial charge is 0.214 e. The predicted octanol–water partition coefficient (Wildman–Crippen LogP) is 0.268. The zero-order valence-corrected chi connectivity index (χ0v) is 10.1. The number of nitrogens with one attached hydrogen (secondary N) is 1. The first kappa shape index (κ1) is 11.4. The number of unbranched alkanes of at least 4 members (excludes halogenated alkanes) is 1. The van der Waals surface area contributed by atoms with E-state index in [1.807, 2.05) is 6.92 Å². The molecule has 2 atom stereocenters. The summed E-state index contributed by atoms with van der Waals surface area (Å²) in [6.45, 7) is 5.49. The van der Waals surface area contributed by atoms with Crippen LogP contribution in [-0.4, -0.2) is 44.7 Å². The fourth-order valence-electron chi connectivity index (χ4n) is 2.50. The van der Waals surface area contributed by atoms with Gasteiger partial charge in [0.15, 0.2) is 0 Å². The second-order valence-corrected chi connectivity index (χ2v) is 6.75. The number of rotatable bonds is 4. The molecule has 0 amide bonds. The first-order valence-corrected chi connectivity index (χ1v) is 7.43. The molecule has 0 radical (unpaired) electrons. The Bertz CT molecular complexity index is 303. The summed E-state index contributed by atoms with van der Waals surface area (Å²) in [4.78, 5) is 0. The summed E-state index contributed by atoms with van der Waals surface area (Å²) in [5.74, 6) is 1.44. The van der Waals surface area contributed by atoms with Gasteiger partial charge in [0.05, 0.1) is 5.75 Å². The van der Waals surface area contributed by atoms with Gasteiger partial charge >= 0.3 is 0 Å². The summed E-state index contributed by atoms with van der Waals surface area (Å²) < 4.78 is 25.6. The van der Waals surface area contributed by atoms with Crippen LogP contribution < -0.4 is 5.32 Å². The van der Waals surface area contributed by atoms with E-state index in [2.05, 4.69) is 5.32 Å². The van der Waals surface area contributed by atoms with E-state index in [1.54, 1.807) is 4.31 Å². The molecule has 2 aliphatic rings. The average Bonchev–Trinajstić information content (AvgIpc) is 2.73. The Balaban J connectivity index is 1.95. The second-order valence-electron chi connectivity index (χ2n) is 4.66. The van der Waals surface area contributed by atoms with Crippen molar-refractivity contribution in [1.82, 2.24) is 9.62 Å². The molecule has 2 saturated heterocycles. The van der Waals surface area contributed by atoms with Crippen LogP contribution in [0, 0.1) is 11.8 Å². The van der Waals surface area contributed by atoms with Gasteiger partial charge in [0, 0.05) is 13.1 Å². The third kappa shape index (κ3) is 2.34. The summed E-state index contributed by atoms with van der Waals surface area (Å²) in [5, 5.41) is 3.32. The van der Waals surface area contributed by atoms with Crippen LogP contribution in [0.3, 0.4) is 0 Å². The quantitative estimate of drug-likeness (QED) is 0.757. The molecular weight excluding hydrogens is 212 g/mol. The lowest BCUT2D eigenvalue weighted by molar-refractivity contribution is 0.446. The van der Waals surface area contributed by atoms with Crippen molar-refractivity contribution in [3.05, 3.63) is 0 Å². The van der Waals surface area contributed by atoms with E-state index in [1.165, 1.54) is 0 Å². The zero-order valence-electron chi connectivity index (χ0n) is 9.28. The minimum Gasteiger partial charge on any atom is -0.316 e. The van der Waals surface area contributed by atoms with Crippen molar-refractivity contribution in [2.75, 3.05) is 31.9 Å². The monoisotopic (exact) mass is 232 g/mol. The van der Waals surface area contributed by atoms with Crippen LogP contribution in [0.25, 0.3) is 0 Å². The molecule has 0 bridgehead atoms. The standard InChI is InChI=1S/C10H20N2O2S/c1-2-3-4-15(13,14)12-7-9-5-11-6-10(9)8-12/h9-11H,2-8H2,1H3/t9-,10+. The molecule has 2 rings (SSSR count). The van der Waals surface area contributed by atoms with E-state index in [4.69, 9.17) is 0 Å². The van der Waals surface area contributed by atoms with Crippen LogP contribution in [0.5, 0.6) is 0 Å². The Kier molecular flexibility index (Phi) is 3.33. The van der Waals surface area contributed by atoms with Crippen LogP contribution in [0.2, 0.25) is 0 Å². The number of fused-ring (bicyclic) bond motifs is 1. The van der Waals surface area contributed by atoms with Crippen LogP contribution in [-0.2, 0) is 10.0 Å². The van der Waals surface area contributed by atoms with E-state index in [0.717, 1.165) is 39.0 Å². The molecule has 0 aromatic rings. The van der Waals surface area contributed by atoms with Crippen molar-refractivity contribution < 1.29 is 8.42 Å². The van der Waals surface area contributed by atoms with E-state index in [9.17, 15) is 8.42 Å². The minimum absolute atomic E-state index is 0.330. The fourth-order valence-corrected chi connectivity index (χ4v) is 4.24. The molecular formula is C10H20N2O2S. The van der Waals surface area contributed by atoms with Gasteiger partial charge in [-0.15, -0.1) is 0 Å². The molecule has 88 valence electrons. The third-order valence-electron chi connectivity index (χ3n) is 3.51. The molecule has 0 aromatic carbocycles. The van der Waals surface area contributed by atoms with Crippen LogP contribution in [0.15, 0.2) is 0 Å². The van der Waals surface area contributed by atoms with Gasteiger partial charge in [-0.25, -0.2) is 12.7 Å². The van der Waals surface area contributed by atoms with Gasteiger partial charge in [0.2, 0.25) is 10.0 Å². The molecule has 4 nitrogen and oxygen atoms in total. The van der Waals surface area contributed by atoms with Gasteiger partial charge < -0.3 is 5.32 Å². The van der Waals surface area contributed by atoms with Gasteiger partial charge in [-0.05, 0) is 31.3 Å². The highest BCUT2D eigenvalue weighted by Gasteiger charge is 2.40. The molecule has 0 aliphatic carbocycles. The second kappa shape index (κ2) is 4.39. The van der Waals surface area contributed by atoms with E-state index >= 15 is 0 Å². The van der Waals surface area contributed by atoms with Crippen LogP contribution >= 0.6 is 0 Å². The largest absolute Gasteiger partial charge is 0.316 e. The van der Waals surface area contributed by atoms with Crippen molar-refractivity contribution in [2.45, 2.75) is 19.8 Å². The van der Waals surface area contributed by atoms with Gasteiger partial charge in [-0.3, -0.25) is 0 Å². The summed E-state index contributed by atoms with van der Waals surface area (Å²) in [6, 6.07) is 0. The fraction of sp³-hybridized carbons (Fsp3) is 1.00. The number of sulfonamides is 1. The maximum atomic E-state index is 11.9. The normalized spacial score (nSPS) is 32.1. The molecule has 2 aliphatic heterocycles. The molecule has 0 saturated carbocycles. The Morgan fingerprint density at radius 2 is 1.87 bits per heavy atom. The Morgan fingerprint density at radius 3 is 2.40 bits per heavy atom. The average molecular weight is 232 g/mol. The summed E-state index contributed by atoms with van der Waals surface area (Å²) >= 11 is 0. The molecule has 15 heavy (non-hydrogen) atoms. The maximum absolute atomic E-state index is 11.9. The number of hydrogen-bond acceptors (Lipinski definition) is 3. The highest BCUT2D eigenvalue weighted by molar-refractivity contribution is 7.89. The van der Waals surface area contributed by atoms with Crippen molar-refractivity contribution >= 4 is 10.0 Å². The molecule has 5 heteroatoms. The molecule has 2 fully saturated rings. The molecule has 1 N–H and O–H groups in total. The third-order valence-corrected chi connectivity index (χ3v) is 5.39. The van der Waals surface area contributed by atoms with Gasteiger partial charge in [0.25, 0.3) is 0 Å². The first-order valence-electron chi connectivity index (χ1n) is 5.82. The van der Waals surface area contributed by atoms with Crippen LogP contribution in [0.1, 0.15) is 19.8 Å². The molecule has 0 unspecified atom stereocenters. The minimum atomic E-state index is -2.96. The highest BCUT2D eigenvalue weighted by atomic mass is 32.2. The summed E-state index contributed by atoms with van der Waals surface area (Å²) in [7, 11) is -2.96. The number of hydrogen-bond donors (Lipinski definition) is 1. The van der Waals surface area contributed by atoms with Gasteiger partial charge in [-0.2, -0.15) is 0 Å². The predicted molar refractivity (Wildman–Crippen MR) is 60.1 cm³/mol. The summed E-state index contributed by atoms with van der Waals surface area (Å²) in [6.07, 6.45) is 1.73. The molecule has 0 spiro atoms. The maximum Gasteiger partial charge on any atom is 0.214 e. The Morgan fingerprint density at radius 1 is 1.27 bits per heavy atom. The highest BCUT2D eigenvalue weighted by Crippen LogP contribution is 2.28. The van der Waals surface area contributed by atoms with Gasteiger partial charge in [-0.1, -0.05) is 13.3 Å². The SMILES string of the molecule is CCCCS(=O)(=O)N1C[C@H]2CNC[C@H]2C1. The van der Waals surface area contributed by atoms with E-state index < -0.39 is 10.0 Å². The van der Waals surface area contributed by atoms with Crippen molar-refractivity contribution in [3.63, 3.8) is 0 Å². The van der Waals surface area contributed by atoms with Crippen molar-refractivity contribution in [1.29, 1.82) is 0 Å². The lowest BCUT2D eigenvalue weighted by atomic mass is 10.0. The topological polar surface area (TPSA) is 49.4 Å². The molecule has 2 heterocycles. The first-order chi connectivity index (χ1) is 7.13. The van der Waals surface area contributed by atoms with E-state index in [-0.39, 0.29) is 0 Å².